The van der Waals surface area contributed by atoms with E-state index < -0.39 is 0 Å². The summed E-state index contributed by atoms with van der Waals surface area (Å²) in [5.41, 5.74) is 3.71. The van der Waals surface area contributed by atoms with Gasteiger partial charge in [0.2, 0.25) is 0 Å². The van der Waals surface area contributed by atoms with E-state index >= 15 is 0 Å². The van der Waals surface area contributed by atoms with Gasteiger partial charge in [-0.25, -0.2) is 5.43 Å². The molecule has 0 unspecified atom stereocenters. The van der Waals surface area contributed by atoms with Crippen molar-refractivity contribution >= 4 is 34.7 Å². The zero-order chi connectivity index (χ0) is 15.9. The van der Waals surface area contributed by atoms with E-state index in [1.54, 1.807) is 24.1 Å². The van der Waals surface area contributed by atoms with Gasteiger partial charge in [0, 0.05) is 13.2 Å². The lowest BCUT2D eigenvalue weighted by Gasteiger charge is -2.03. The molecule has 0 aliphatic heterocycles. The standard InChI is InChI=1S/C15H17IN4O2/c1-3-8-22-12-6-4-11(5-7-12)9-17-18-15(21)14-13(16)10-20(2)19-14/h4-7,9-10H,3,8H2,1-2H3,(H,18,21)/b17-9+. The van der Waals surface area contributed by atoms with Crippen LogP contribution in [-0.4, -0.2) is 28.5 Å². The van der Waals surface area contributed by atoms with E-state index in [0.29, 0.717) is 12.3 Å². The largest absolute Gasteiger partial charge is 0.494 e. The number of aryl methyl sites for hydroxylation is 1. The number of nitrogens with zero attached hydrogens (tertiary/aromatic N) is 3. The van der Waals surface area contributed by atoms with Gasteiger partial charge in [-0.15, -0.1) is 0 Å². The van der Waals surface area contributed by atoms with Crippen molar-refractivity contribution < 1.29 is 9.53 Å². The molecule has 7 heteroatoms. The Morgan fingerprint density at radius 3 is 2.77 bits per heavy atom. The number of amides is 1. The Hall–Kier alpha value is -1.90. The van der Waals surface area contributed by atoms with Gasteiger partial charge in [0.15, 0.2) is 5.69 Å². The normalized spacial score (nSPS) is 10.9. The fourth-order valence-electron chi connectivity index (χ4n) is 1.70. The molecule has 0 aliphatic carbocycles. The first-order chi connectivity index (χ1) is 10.6. The number of carbonyl (C=O) groups excluding carboxylic acids is 1. The first kappa shape index (κ1) is 16.5. The molecule has 22 heavy (non-hydrogen) atoms. The Bertz CT molecular complexity index is 665. The second kappa shape index (κ2) is 7.92. The maximum absolute atomic E-state index is 11.9. The van der Waals surface area contributed by atoms with E-state index in [1.165, 1.54) is 0 Å². The van der Waals surface area contributed by atoms with Crippen LogP contribution in [-0.2, 0) is 7.05 Å². The molecule has 1 aromatic carbocycles. The van der Waals surface area contributed by atoms with E-state index in [9.17, 15) is 4.79 Å². The van der Waals surface area contributed by atoms with Gasteiger partial charge < -0.3 is 4.74 Å². The summed E-state index contributed by atoms with van der Waals surface area (Å²) in [5, 5.41) is 8.02. The number of benzene rings is 1. The Labute approximate surface area is 142 Å². The second-order valence-electron chi connectivity index (χ2n) is 4.62. The highest BCUT2D eigenvalue weighted by Crippen LogP contribution is 2.11. The minimum absolute atomic E-state index is 0.329. The van der Waals surface area contributed by atoms with E-state index in [2.05, 4.69) is 45.1 Å². The minimum Gasteiger partial charge on any atom is -0.494 e. The van der Waals surface area contributed by atoms with E-state index in [1.807, 2.05) is 24.3 Å². The zero-order valence-corrected chi connectivity index (χ0v) is 14.6. The smallest absolute Gasteiger partial charge is 0.292 e. The van der Waals surface area contributed by atoms with Crippen molar-refractivity contribution in [2.45, 2.75) is 13.3 Å². The van der Waals surface area contributed by atoms with Crippen LogP contribution in [0.15, 0.2) is 35.6 Å². The number of ether oxygens (including phenoxy) is 1. The monoisotopic (exact) mass is 412 g/mol. The molecule has 0 bridgehead atoms. The Balaban J connectivity index is 1.92. The Morgan fingerprint density at radius 2 is 2.18 bits per heavy atom. The highest BCUT2D eigenvalue weighted by atomic mass is 127. The summed E-state index contributed by atoms with van der Waals surface area (Å²) in [7, 11) is 1.77. The Morgan fingerprint density at radius 1 is 1.45 bits per heavy atom. The van der Waals surface area contributed by atoms with Gasteiger partial charge in [0.25, 0.3) is 5.91 Å². The summed E-state index contributed by atoms with van der Waals surface area (Å²) in [6.07, 6.45) is 4.33. The number of hydrogen-bond acceptors (Lipinski definition) is 4. The lowest BCUT2D eigenvalue weighted by molar-refractivity contribution is 0.0948. The summed E-state index contributed by atoms with van der Waals surface area (Å²) in [6, 6.07) is 7.51. The molecule has 1 amide bonds. The molecule has 0 fully saturated rings. The highest BCUT2D eigenvalue weighted by Gasteiger charge is 2.13. The molecule has 2 aromatic rings. The fourth-order valence-corrected chi connectivity index (χ4v) is 2.46. The van der Waals surface area contributed by atoms with Crippen LogP contribution in [0.3, 0.4) is 0 Å². The van der Waals surface area contributed by atoms with E-state index in [4.69, 9.17) is 4.74 Å². The molecule has 2 rings (SSSR count). The summed E-state index contributed by atoms with van der Waals surface area (Å²) < 4.78 is 7.88. The third-order valence-electron chi connectivity index (χ3n) is 2.73. The van der Waals surface area contributed by atoms with Gasteiger partial charge in [0.1, 0.15) is 5.75 Å². The average Bonchev–Trinajstić information content (AvgIpc) is 2.85. The van der Waals surface area contributed by atoms with Crippen LogP contribution in [0.25, 0.3) is 0 Å². The molecule has 0 spiro atoms. The van der Waals surface area contributed by atoms with Gasteiger partial charge in [-0.1, -0.05) is 6.92 Å². The fraction of sp³-hybridized carbons (Fsp3) is 0.267. The van der Waals surface area contributed by atoms with Crippen LogP contribution in [0, 0.1) is 3.57 Å². The molecule has 1 N–H and O–H groups in total. The van der Waals surface area contributed by atoms with Crippen molar-refractivity contribution in [2.75, 3.05) is 6.61 Å². The number of rotatable bonds is 6. The molecule has 6 nitrogen and oxygen atoms in total. The topological polar surface area (TPSA) is 68.5 Å². The molecule has 0 radical (unpaired) electrons. The quantitative estimate of drug-likeness (QED) is 0.451. The third-order valence-corrected chi connectivity index (χ3v) is 3.52. The number of carbonyl (C=O) groups is 1. The molecule has 0 saturated carbocycles. The molecule has 0 saturated heterocycles. The molecule has 0 atom stereocenters. The first-order valence-corrected chi connectivity index (χ1v) is 7.93. The predicted molar refractivity (Wildman–Crippen MR) is 93.2 cm³/mol. The highest BCUT2D eigenvalue weighted by molar-refractivity contribution is 14.1. The predicted octanol–water partition coefficient (Wildman–Crippen LogP) is 2.58. The van der Waals surface area contributed by atoms with Gasteiger partial charge in [-0.05, 0) is 58.8 Å². The van der Waals surface area contributed by atoms with Gasteiger partial charge in [0.05, 0.1) is 16.4 Å². The van der Waals surface area contributed by atoms with Crippen LogP contribution in [0.5, 0.6) is 5.75 Å². The summed E-state index contributed by atoms with van der Waals surface area (Å²) in [5.74, 6) is 0.496. The van der Waals surface area contributed by atoms with Crippen molar-refractivity contribution in [3.8, 4) is 5.75 Å². The van der Waals surface area contributed by atoms with Crippen molar-refractivity contribution in [3.63, 3.8) is 0 Å². The van der Waals surface area contributed by atoms with Gasteiger partial charge in [-0.2, -0.15) is 10.2 Å². The average molecular weight is 412 g/mol. The number of hydrazone groups is 1. The zero-order valence-electron chi connectivity index (χ0n) is 12.4. The summed E-state index contributed by atoms with van der Waals surface area (Å²) in [6.45, 7) is 2.76. The molecule has 1 heterocycles. The maximum atomic E-state index is 11.9. The van der Waals surface area contributed by atoms with Crippen LogP contribution in [0.1, 0.15) is 29.4 Å². The number of nitrogens with one attached hydrogen (secondary N) is 1. The molecular weight excluding hydrogens is 395 g/mol. The van der Waals surface area contributed by atoms with Crippen LogP contribution < -0.4 is 10.2 Å². The van der Waals surface area contributed by atoms with Crippen molar-refractivity contribution in [3.05, 3.63) is 45.3 Å². The maximum Gasteiger partial charge on any atom is 0.292 e. The summed E-state index contributed by atoms with van der Waals surface area (Å²) >= 11 is 2.06. The van der Waals surface area contributed by atoms with Gasteiger partial charge in [-0.3, -0.25) is 9.48 Å². The second-order valence-corrected chi connectivity index (χ2v) is 5.78. The van der Waals surface area contributed by atoms with Crippen molar-refractivity contribution in [1.82, 2.24) is 15.2 Å². The third kappa shape index (κ3) is 4.55. The van der Waals surface area contributed by atoms with E-state index in [-0.39, 0.29) is 5.91 Å². The minimum atomic E-state index is -0.329. The molecular formula is C15H17IN4O2. The van der Waals surface area contributed by atoms with Crippen LogP contribution >= 0.6 is 22.6 Å². The SMILES string of the molecule is CCCOc1ccc(/C=N/NC(=O)c2nn(C)cc2I)cc1. The first-order valence-electron chi connectivity index (χ1n) is 6.85. The van der Waals surface area contributed by atoms with Crippen LogP contribution in [0.4, 0.5) is 0 Å². The number of hydrogen-bond donors (Lipinski definition) is 1. The number of aromatic nitrogens is 2. The van der Waals surface area contributed by atoms with Crippen LogP contribution in [0.2, 0.25) is 0 Å². The lowest BCUT2D eigenvalue weighted by Crippen LogP contribution is -2.19. The lowest BCUT2D eigenvalue weighted by atomic mass is 10.2. The number of halogens is 1. The summed E-state index contributed by atoms with van der Waals surface area (Å²) in [4.78, 5) is 11.9. The molecule has 1 aromatic heterocycles. The van der Waals surface area contributed by atoms with Gasteiger partial charge >= 0.3 is 0 Å². The molecule has 0 aliphatic rings. The molecule has 116 valence electrons. The Kier molecular flexibility index (Phi) is 5.93. The van der Waals surface area contributed by atoms with Crippen molar-refractivity contribution in [2.24, 2.45) is 12.1 Å². The van der Waals surface area contributed by atoms with Crippen molar-refractivity contribution in [1.29, 1.82) is 0 Å². The van der Waals surface area contributed by atoms with E-state index in [0.717, 1.165) is 21.3 Å².